The molecule has 0 spiro atoms. The third-order valence-electron chi connectivity index (χ3n) is 8.24. The predicted octanol–water partition coefficient (Wildman–Crippen LogP) is 6.29. The zero-order valence-electron chi connectivity index (χ0n) is 21.8. The van der Waals surface area contributed by atoms with E-state index in [4.69, 9.17) is 0 Å². The average Bonchev–Trinajstić information content (AvgIpc) is 3.38. The second kappa shape index (κ2) is 11.2. The van der Waals surface area contributed by atoms with Gasteiger partial charge in [0.15, 0.2) is 9.64 Å². The number of hydrogen-bond acceptors (Lipinski definition) is 3. The van der Waals surface area contributed by atoms with Crippen molar-refractivity contribution in [1.82, 2.24) is 4.90 Å². The van der Waals surface area contributed by atoms with Crippen molar-refractivity contribution < 1.29 is 49.0 Å². The molecule has 0 bridgehead atoms. The topological polar surface area (TPSA) is 66.4 Å². The smallest absolute Gasteiger partial charge is 0.435 e. The van der Waals surface area contributed by atoms with Gasteiger partial charge in [-0.05, 0) is 41.9 Å². The van der Waals surface area contributed by atoms with E-state index in [0.29, 0.717) is 42.9 Å². The van der Waals surface area contributed by atoms with Gasteiger partial charge in [-0.2, -0.15) is 26.3 Å². The minimum Gasteiger partial charge on any atom is -0.616 e. The molecule has 1 amide bonds. The van der Waals surface area contributed by atoms with Gasteiger partial charge in [-0.15, -0.1) is 0 Å². The highest BCUT2D eigenvalue weighted by molar-refractivity contribution is 7.92. The van der Waals surface area contributed by atoms with Crippen LogP contribution < -0.4 is 0 Å². The summed E-state index contributed by atoms with van der Waals surface area (Å²) in [4.78, 5) is 15.4. The molecule has 0 saturated carbocycles. The van der Waals surface area contributed by atoms with Crippen LogP contribution in [0.15, 0.2) is 53.4 Å². The van der Waals surface area contributed by atoms with E-state index in [2.05, 4.69) is 0 Å². The van der Waals surface area contributed by atoms with Crippen molar-refractivity contribution in [1.29, 1.82) is 0 Å². The molecule has 0 radical (unpaired) electrons. The van der Waals surface area contributed by atoms with Crippen molar-refractivity contribution in [3.8, 4) is 0 Å². The van der Waals surface area contributed by atoms with Gasteiger partial charge in [0.2, 0.25) is 5.91 Å². The third-order valence-corrected chi connectivity index (χ3v) is 11.5. The number of amides is 1. The van der Waals surface area contributed by atoms with Crippen LogP contribution in [0.25, 0.3) is 0 Å². The van der Waals surface area contributed by atoms with E-state index < -0.39 is 61.9 Å². The molecule has 2 aromatic rings. The van der Waals surface area contributed by atoms with Crippen LogP contribution in [0.5, 0.6) is 0 Å². The molecule has 2 fully saturated rings. The van der Waals surface area contributed by atoms with Crippen LogP contribution in [0.2, 0.25) is 0 Å². The van der Waals surface area contributed by atoms with E-state index in [1.807, 2.05) is 6.92 Å². The second-order valence-corrected chi connectivity index (χ2v) is 13.9. The van der Waals surface area contributed by atoms with Crippen LogP contribution >= 0.6 is 0 Å². The van der Waals surface area contributed by atoms with E-state index in [9.17, 15) is 49.0 Å². The summed E-state index contributed by atoms with van der Waals surface area (Å²) in [5.74, 6) is -0.204. The molecule has 14 heteroatoms. The van der Waals surface area contributed by atoms with Gasteiger partial charge in [0.1, 0.15) is 17.3 Å². The molecule has 0 N–H and O–H groups in total. The highest BCUT2D eigenvalue weighted by atomic mass is 32.2. The molecule has 2 aromatic carbocycles. The van der Waals surface area contributed by atoms with Crippen molar-refractivity contribution in [2.24, 2.45) is 5.41 Å². The number of carbonyl (C=O) groups is 1. The first-order chi connectivity index (χ1) is 19.0. The number of nitrogens with zero attached hydrogens (tertiary/aromatic N) is 1. The van der Waals surface area contributed by atoms with E-state index in [0.717, 1.165) is 24.3 Å². The molecule has 2 saturated heterocycles. The van der Waals surface area contributed by atoms with Crippen LogP contribution in [0.1, 0.15) is 43.7 Å². The summed E-state index contributed by atoms with van der Waals surface area (Å²) in [5.41, 5.74) is -8.08. The Bertz CT molecular complexity index is 1220. The third kappa shape index (κ3) is 5.56. The Kier molecular flexibility index (Phi) is 8.74. The SMILES string of the molecule is CCC1(C(=O)N2CC[C@](c3ccc(C(F)(C(F)(F)F)C(F)(F)F)cc3)([S+]([O-])c3ccc(F)cc3)C2)CC[S+]([O-])CC1. The summed E-state index contributed by atoms with van der Waals surface area (Å²) < 4.78 is 133. The Morgan fingerprint density at radius 3 is 1.95 bits per heavy atom. The van der Waals surface area contributed by atoms with E-state index >= 15 is 0 Å². The number of rotatable bonds is 6. The lowest BCUT2D eigenvalue weighted by Gasteiger charge is -2.39. The van der Waals surface area contributed by atoms with Gasteiger partial charge in [0, 0.05) is 36.9 Å². The second-order valence-electron chi connectivity index (χ2n) is 10.4. The van der Waals surface area contributed by atoms with E-state index in [1.165, 1.54) is 17.0 Å². The molecule has 0 aliphatic carbocycles. The first-order valence-electron chi connectivity index (χ1n) is 12.8. The van der Waals surface area contributed by atoms with Gasteiger partial charge in [-0.3, -0.25) is 4.79 Å². The van der Waals surface area contributed by atoms with Gasteiger partial charge < -0.3 is 14.0 Å². The lowest BCUT2D eigenvalue weighted by molar-refractivity contribution is -0.348. The summed E-state index contributed by atoms with van der Waals surface area (Å²) in [5, 5.41) is 0. The fraction of sp³-hybridized carbons (Fsp3) is 0.519. The number of benzene rings is 2. The van der Waals surface area contributed by atoms with Crippen molar-refractivity contribution in [2.75, 3.05) is 24.6 Å². The normalized spacial score (nSPS) is 26.7. The highest BCUT2D eigenvalue weighted by Crippen LogP contribution is 2.54. The Labute approximate surface area is 237 Å². The summed E-state index contributed by atoms with van der Waals surface area (Å²) >= 11 is -3.10. The van der Waals surface area contributed by atoms with Crippen LogP contribution in [0.4, 0.5) is 35.1 Å². The molecular weight excluding hydrogens is 602 g/mol. The summed E-state index contributed by atoms with van der Waals surface area (Å²) in [7, 11) is 0. The Hall–Kier alpha value is -2.03. The maximum absolute atomic E-state index is 14.7. The van der Waals surface area contributed by atoms with Crippen LogP contribution in [-0.2, 0) is 37.6 Å². The first kappa shape index (κ1) is 31.9. The minimum absolute atomic E-state index is 0.0209. The number of halogens is 8. The maximum atomic E-state index is 14.7. The first-order valence-corrected chi connectivity index (χ1v) is 15.4. The summed E-state index contributed by atoms with van der Waals surface area (Å²) in [6.45, 7) is 1.71. The van der Waals surface area contributed by atoms with Crippen molar-refractivity contribution in [3.63, 3.8) is 0 Å². The van der Waals surface area contributed by atoms with Crippen LogP contribution in [0.3, 0.4) is 0 Å². The zero-order chi connectivity index (χ0) is 30.4. The molecule has 226 valence electrons. The van der Waals surface area contributed by atoms with E-state index in [1.54, 1.807) is 0 Å². The van der Waals surface area contributed by atoms with Crippen LogP contribution in [-0.4, -0.2) is 56.9 Å². The maximum Gasteiger partial charge on any atom is 0.435 e. The Morgan fingerprint density at radius 1 is 0.927 bits per heavy atom. The van der Waals surface area contributed by atoms with Crippen molar-refractivity contribution in [3.05, 3.63) is 65.5 Å². The van der Waals surface area contributed by atoms with E-state index in [-0.39, 0.29) is 35.9 Å². The molecule has 2 aliphatic heterocycles. The molecule has 2 aliphatic rings. The molecule has 2 atom stereocenters. The Balaban J connectivity index is 1.75. The number of alkyl halides is 7. The number of likely N-dealkylation sites (tertiary alicyclic amines) is 1. The fourth-order valence-corrected chi connectivity index (χ4v) is 8.80. The molecule has 41 heavy (non-hydrogen) atoms. The van der Waals surface area contributed by atoms with Gasteiger partial charge in [-0.1, -0.05) is 42.4 Å². The molecule has 0 aromatic heterocycles. The molecule has 4 rings (SSSR count). The Morgan fingerprint density at radius 2 is 1.46 bits per heavy atom. The van der Waals surface area contributed by atoms with Gasteiger partial charge in [0.05, 0.1) is 12.0 Å². The van der Waals surface area contributed by atoms with Gasteiger partial charge in [-0.25, -0.2) is 8.78 Å². The highest BCUT2D eigenvalue weighted by Gasteiger charge is 2.73. The molecule has 2 heterocycles. The molecular formula is C27H27F8NO3S2. The monoisotopic (exact) mass is 629 g/mol. The minimum atomic E-state index is -6.30. The number of hydrogen-bond donors (Lipinski definition) is 0. The average molecular weight is 630 g/mol. The van der Waals surface area contributed by atoms with Gasteiger partial charge >= 0.3 is 18.0 Å². The molecule has 4 nitrogen and oxygen atoms in total. The predicted molar refractivity (Wildman–Crippen MR) is 137 cm³/mol. The summed E-state index contributed by atoms with van der Waals surface area (Å²) in [6.07, 6.45) is -11.4. The fourth-order valence-electron chi connectivity index (χ4n) is 5.62. The van der Waals surface area contributed by atoms with Gasteiger partial charge in [0.25, 0.3) is 0 Å². The summed E-state index contributed by atoms with van der Waals surface area (Å²) in [6, 6.07) is 7.08. The lowest BCUT2D eigenvalue weighted by atomic mass is 9.78. The van der Waals surface area contributed by atoms with Crippen molar-refractivity contribution >= 4 is 28.3 Å². The van der Waals surface area contributed by atoms with Crippen molar-refractivity contribution in [2.45, 2.75) is 60.3 Å². The zero-order valence-corrected chi connectivity index (χ0v) is 23.4. The lowest BCUT2D eigenvalue weighted by Crippen LogP contribution is -2.50. The van der Waals surface area contributed by atoms with Crippen LogP contribution in [0, 0.1) is 11.2 Å². The number of carbonyl (C=O) groups excluding carboxylic acids is 1. The molecule has 1 unspecified atom stereocenters. The largest absolute Gasteiger partial charge is 0.616 e. The standard InChI is InChI=1S/C27H27F8NO3S2/c1-2-23(12-15-40(38)16-13-23)22(37)36-14-11-24(17-36,41(39)21-9-7-20(28)8-10-21)18-3-5-19(6-4-18)25(29,26(30,31)32)27(33,34)35/h3-10H,2,11-17H2,1H3/t23?,24-,40?,41?/m0/s1. The quantitative estimate of drug-likeness (QED) is 0.279.